The first-order chi connectivity index (χ1) is 9.90. The van der Waals surface area contributed by atoms with Crippen LogP contribution in [0.4, 0.5) is 0 Å². The fourth-order valence-corrected chi connectivity index (χ4v) is 4.17. The van der Waals surface area contributed by atoms with Crippen molar-refractivity contribution >= 4 is 11.8 Å². The van der Waals surface area contributed by atoms with Crippen molar-refractivity contribution in [1.29, 1.82) is 0 Å². The van der Waals surface area contributed by atoms with Gasteiger partial charge in [-0.3, -0.25) is 0 Å². The second kappa shape index (κ2) is 7.37. The SMILES string of the molecule is c1cc(OC2CCSCC2)ccc1CC1CCNCC1. The van der Waals surface area contributed by atoms with E-state index in [1.54, 1.807) is 0 Å². The second-order valence-corrected chi connectivity index (χ2v) is 7.20. The van der Waals surface area contributed by atoms with Gasteiger partial charge in [-0.2, -0.15) is 11.8 Å². The van der Waals surface area contributed by atoms with E-state index in [0.29, 0.717) is 6.10 Å². The normalized spacial score (nSPS) is 21.8. The van der Waals surface area contributed by atoms with Crippen molar-refractivity contribution < 1.29 is 4.74 Å². The van der Waals surface area contributed by atoms with Crippen LogP contribution in [0.25, 0.3) is 0 Å². The molecule has 20 heavy (non-hydrogen) atoms. The van der Waals surface area contributed by atoms with E-state index in [9.17, 15) is 0 Å². The van der Waals surface area contributed by atoms with E-state index in [4.69, 9.17) is 4.74 Å². The largest absolute Gasteiger partial charge is 0.490 e. The molecular weight excluding hydrogens is 266 g/mol. The van der Waals surface area contributed by atoms with Gasteiger partial charge < -0.3 is 10.1 Å². The number of hydrogen-bond acceptors (Lipinski definition) is 3. The Morgan fingerprint density at radius 1 is 1.00 bits per heavy atom. The summed E-state index contributed by atoms with van der Waals surface area (Å²) < 4.78 is 6.08. The van der Waals surface area contributed by atoms with Gasteiger partial charge in [-0.1, -0.05) is 12.1 Å². The standard InChI is InChI=1S/C17H25NOS/c1-3-16(19-17-7-11-20-12-8-17)4-2-14(1)13-15-5-9-18-10-6-15/h1-4,15,17-18H,5-13H2. The van der Waals surface area contributed by atoms with Crippen LogP contribution in [0.1, 0.15) is 31.2 Å². The van der Waals surface area contributed by atoms with Crippen LogP contribution in [0, 0.1) is 5.92 Å². The van der Waals surface area contributed by atoms with Crippen molar-refractivity contribution in [3.05, 3.63) is 29.8 Å². The summed E-state index contributed by atoms with van der Waals surface area (Å²) in [6, 6.07) is 8.85. The van der Waals surface area contributed by atoms with Gasteiger partial charge in [-0.05, 0) is 80.3 Å². The molecule has 0 bridgehead atoms. The first-order valence-electron chi connectivity index (χ1n) is 7.94. The van der Waals surface area contributed by atoms with Crippen molar-refractivity contribution in [2.24, 2.45) is 5.92 Å². The van der Waals surface area contributed by atoms with Crippen molar-refractivity contribution in [2.45, 2.75) is 38.2 Å². The summed E-state index contributed by atoms with van der Waals surface area (Å²) >= 11 is 2.05. The third kappa shape index (κ3) is 4.16. The van der Waals surface area contributed by atoms with Gasteiger partial charge in [-0.25, -0.2) is 0 Å². The molecule has 1 aromatic carbocycles. The molecule has 2 heterocycles. The summed E-state index contributed by atoms with van der Waals surface area (Å²) in [5.41, 5.74) is 1.46. The molecule has 0 aromatic heterocycles. The van der Waals surface area contributed by atoms with Crippen LogP contribution in [0.5, 0.6) is 5.75 Å². The second-order valence-electron chi connectivity index (χ2n) is 5.97. The Kier molecular flexibility index (Phi) is 5.26. The Balaban J connectivity index is 1.51. The highest BCUT2D eigenvalue weighted by Crippen LogP contribution is 2.24. The molecule has 2 aliphatic heterocycles. The smallest absolute Gasteiger partial charge is 0.119 e. The lowest BCUT2D eigenvalue weighted by atomic mass is 9.91. The van der Waals surface area contributed by atoms with Crippen LogP contribution < -0.4 is 10.1 Å². The zero-order valence-corrected chi connectivity index (χ0v) is 13.0. The molecule has 0 radical (unpaired) electrons. The lowest BCUT2D eigenvalue weighted by Crippen LogP contribution is -2.28. The monoisotopic (exact) mass is 291 g/mol. The predicted octanol–water partition coefficient (Wildman–Crippen LogP) is 3.50. The van der Waals surface area contributed by atoms with Crippen molar-refractivity contribution in [1.82, 2.24) is 5.32 Å². The number of hydrogen-bond donors (Lipinski definition) is 1. The van der Waals surface area contributed by atoms with Gasteiger partial charge in [0.1, 0.15) is 11.9 Å². The Hall–Kier alpha value is -0.670. The quantitative estimate of drug-likeness (QED) is 0.917. The van der Waals surface area contributed by atoms with Crippen molar-refractivity contribution in [3.63, 3.8) is 0 Å². The third-order valence-corrected chi connectivity index (χ3v) is 5.43. The highest BCUT2D eigenvalue weighted by Gasteiger charge is 2.16. The lowest BCUT2D eigenvalue weighted by molar-refractivity contribution is 0.192. The minimum atomic E-state index is 0.437. The fourth-order valence-electron chi connectivity index (χ4n) is 3.11. The van der Waals surface area contributed by atoms with Crippen LogP contribution in [-0.2, 0) is 6.42 Å². The van der Waals surface area contributed by atoms with Crippen LogP contribution >= 0.6 is 11.8 Å². The average molecular weight is 291 g/mol. The molecule has 0 saturated carbocycles. The highest BCUT2D eigenvalue weighted by atomic mass is 32.2. The Morgan fingerprint density at radius 2 is 1.70 bits per heavy atom. The first-order valence-corrected chi connectivity index (χ1v) is 9.10. The zero-order chi connectivity index (χ0) is 13.6. The van der Waals surface area contributed by atoms with E-state index in [1.807, 2.05) is 11.8 Å². The van der Waals surface area contributed by atoms with Gasteiger partial charge in [0, 0.05) is 0 Å². The molecule has 1 N–H and O–H groups in total. The average Bonchev–Trinajstić information content (AvgIpc) is 2.51. The molecule has 0 atom stereocenters. The Bertz CT molecular complexity index is 355. The molecule has 1 aromatic rings. The molecule has 0 spiro atoms. The molecule has 110 valence electrons. The summed E-state index contributed by atoms with van der Waals surface area (Å²) in [5.74, 6) is 4.41. The van der Waals surface area contributed by atoms with Gasteiger partial charge in [0.05, 0.1) is 0 Å². The minimum Gasteiger partial charge on any atom is -0.490 e. The number of ether oxygens (including phenoxy) is 1. The van der Waals surface area contributed by atoms with Gasteiger partial charge in [0.2, 0.25) is 0 Å². The number of piperidine rings is 1. The van der Waals surface area contributed by atoms with Crippen LogP contribution in [0.15, 0.2) is 24.3 Å². The fraction of sp³-hybridized carbons (Fsp3) is 0.647. The van der Waals surface area contributed by atoms with E-state index < -0.39 is 0 Å². The molecule has 2 aliphatic rings. The summed E-state index contributed by atoms with van der Waals surface area (Å²) in [4.78, 5) is 0. The molecule has 2 nitrogen and oxygen atoms in total. The summed E-state index contributed by atoms with van der Waals surface area (Å²) in [7, 11) is 0. The van der Waals surface area contributed by atoms with E-state index >= 15 is 0 Å². The first kappa shape index (κ1) is 14.3. The molecule has 2 saturated heterocycles. The maximum Gasteiger partial charge on any atom is 0.119 e. The maximum absolute atomic E-state index is 6.08. The van der Waals surface area contributed by atoms with Crippen molar-refractivity contribution in [3.8, 4) is 5.75 Å². The van der Waals surface area contributed by atoms with E-state index in [-0.39, 0.29) is 0 Å². The van der Waals surface area contributed by atoms with Gasteiger partial charge in [0.25, 0.3) is 0 Å². The van der Waals surface area contributed by atoms with Gasteiger partial charge >= 0.3 is 0 Å². The van der Waals surface area contributed by atoms with Crippen molar-refractivity contribution in [2.75, 3.05) is 24.6 Å². The van der Waals surface area contributed by atoms with Crippen LogP contribution in [-0.4, -0.2) is 30.7 Å². The minimum absolute atomic E-state index is 0.437. The van der Waals surface area contributed by atoms with E-state index in [0.717, 1.165) is 11.7 Å². The van der Waals surface area contributed by atoms with E-state index in [2.05, 4.69) is 29.6 Å². The number of thioether (sulfide) groups is 1. The topological polar surface area (TPSA) is 21.3 Å². The molecule has 2 fully saturated rings. The summed E-state index contributed by atoms with van der Waals surface area (Å²) in [5, 5.41) is 3.43. The lowest BCUT2D eigenvalue weighted by Gasteiger charge is -2.24. The van der Waals surface area contributed by atoms with Gasteiger partial charge in [0.15, 0.2) is 0 Å². The van der Waals surface area contributed by atoms with Crippen LogP contribution in [0.3, 0.4) is 0 Å². The Labute approximate surface area is 126 Å². The molecule has 0 amide bonds. The molecule has 0 aliphatic carbocycles. The number of nitrogens with one attached hydrogen (secondary N) is 1. The highest BCUT2D eigenvalue weighted by molar-refractivity contribution is 7.99. The summed E-state index contributed by atoms with van der Waals surface area (Å²) in [6.45, 7) is 2.37. The maximum atomic E-state index is 6.08. The number of rotatable bonds is 4. The molecular formula is C17H25NOS. The van der Waals surface area contributed by atoms with Crippen LogP contribution in [0.2, 0.25) is 0 Å². The molecule has 3 heteroatoms. The third-order valence-electron chi connectivity index (χ3n) is 4.38. The zero-order valence-electron chi connectivity index (χ0n) is 12.1. The molecule has 3 rings (SSSR count). The van der Waals surface area contributed by atoms with E-state index in [1.165, 1.54) is 62.3 Å². The number of benzene rings is 1. The van der Waals surface area contributed by atoms with Gasteiger partial charge in [-0.15, -0.1) is 0 Å². The summed E-state index contributed by atoms with van der Waals surface area (Å²) in [6.07, 6.45) is 6.69. The predicted molar refractivity (Wildman–Crippen MR) is 86.7 cm³/mol. The Morgan fingerprint density at radius 3 is 2.40 bits per heavy atom. The molecule has 0 unspecified atom stereocenters.